The first kappa shape index (κ1) is 16.2. The van der Waals surface area contributed by atoms with E-state index in [1.165, 1.54) is 25.3 Å². The second kappa shape index (κ2) is 7.04. The molecular formula is C15H18FNO3. The fourth-order valence-electron chi connectivity index (χ4n) is 1.69. The summed E-state index contributed by atoms with van der Waals surface area (Å²) in [6.07, 6.45) is 0. The number of aliphatic hydroxyl groups excluding tert-OH is 1. The minimum atomic E-state index is -0.620. The van der Waals surface area contributed by atoms with Crippen molar-refractivity contribution < 1.29 is 19.0 Å². The van der Waals surface area contributed by atoms with Crippen LogP contribution in [-0.2, 0) is 4.74 Å². The second-order valence-electron chi connectivity index (χ2n) is 4.93. The van der Waals surface area contributed by atoms with Gasteiger partial charge in [0.05, 0.1) is 17.7 Å². The fourth-order valence-corrected chi connectivity index (χ4v) is 1.69. The molecule has 1 aromatic rings. The molecule has 20 heavy (non-hydrogen) atoms. The van der Waals surface area contributed by atoms with Crippen LogP contribution in [0.15, 0.2) is 18.2 Å². The fraction of sp³-hybridized carbons (Fsp3) is 0.400. The first-order valence-electron chi connectivity index (χ1n) is 6.10. The van der Waals surface area contributed by atoms with Crippen molar-refractivity contribution in [2.45, 2.75) is 19.4 Å². The third kappa shape index (κ3) is 4.65. The third-order valence-electron chi connectivity index (χ3n) is 2.48. The van der Waals surface area contributed by atoms with E-state index in [2.05, 4.69) is 17.2 Å². The van der Waals surface area contributed by atoms with Gasteiger partial charge in [0.15, 0.2) is 0 Å². The first-order valence-corrected chi connectivity index (χ1v) is 6.10. The number of ether oxygens (including phenoxy) is 1. The molecule has 0 saturated carbocycles. The summed E-state index contributed by atoms with van der Waals surface area (Å²) in [5.74, 6) is 3.93. The molecule has 0 fully saturated rings. The molecule has 0 bridgehead atoms. The zero-order chi connectivity index (χ0) is 15.2. The van der Waals surface area contributed by atoms with Gasteiger partial charge in [0, 0.05) is 12.7 Å². The molecule has 0 aliphatic heterocycles. The van der Waals surface area contributed by atoms with E-state index >= 15 is 0 Å². The summed E-state index contributed by atoms with van der Waals surface area (Å²) in [5.41, 5.74) is -0.223. The average Bonchev–Trinajstić information content (AvgIpc) is 2.36. The minimum absolute atomic E-state index is 0.0843. The normalized spacial score (nSPS) is 10.7. The Bertz CT molecular complexity index is 544. The van der Waals surface area contributed by atoms with E-state index in [1.807, 2.05) is 0 Å². The number of carbonyl (C=O) groups is 1. The Morgan fingerprint density at radius 3 is 2.80 bits per heavy atom. The molecule has 5 heteroatoms. The number of rotatable bonds is 4. The average molecular weight is 279 g/mol. The van der Waals surface area contributed by atoms with Crippen molar-refractivity contribution in [2.24, 2.45) is 0 Å². The van der Waals surface area contributed by atoms with Crippen molar-refractivity contribution in [3.8, 4) is 11.8 Å². The Kier molecular flexibility index (Phi) is 5.68. The lowest BCUT2D eigenvalue weighted by Gasteiger charge is -2.25. The number of hydrogen-bond donors (Lipinski definition) is 2. The number of amides is 1. The highest BCUT2D eigenvalue weighted by Crippen LogP contribution is 2.12. The molecule has 0 aliphatic rings. The Hall–Kier alpha value is -1.90. The molecule has 4 nitrogen and oxygen atoms in total. The summed E-state index contributed by atoms with van der Waals surface area (Å²) >= 11 is 0. The molecule has 2 N–H and O–H groups in total. The van der Waals surface area contributed by atoms with Gasteiger partial charge in [-0.1, -0.05) is 11.8 Å². The summed E-state index contributed by atoms with van der Waals surface area (Å²) in [4.78, 5) is 12.1. The van der Waals surface area contributed by atoms with Crippen molar-refractivity contribution in [2.75, 3.05) is 20.3 Å². The van der Waals surface area contributed by atoms with E-state index < -0.39 is 17.3 Å². The van der Waals surface area contributed by atoms with Gasteiger partial charge in [0.1, 0.15) is 12.4 Å². The van der Waals surface area contributed by atoms with Crippen molar-refractivity contribution in [1.29, 1.82) is 0 Å². The van der Waals surface area contributed by atoms with Crippen LogP contribution in [0.25, 0.3) is 0 Å². The largest absolute Gasteiger partial charge is 0.384 e. The number of benzene rings is 1. The Labute approximate surface area is 117 Å². The van der Waals surface area contributed by atoms with E-state index in [-0.39, 0.29) is 12.2 Å². The van der Waals surface area contributed by atoms with Gasteiger partial charge < -0.3 is 15.2 Å². The van der Waals surface area contributed by atoms with Gasteiger partial charge in [-0.25, -0.2) is 4.39 Å². The molecule has 1 aromatic carbocycles. The monoisotopic (exact) mass is 279 g/mol. The first-order chi connectivity index (χ1) is 9.39. The lowest BCUT2D eigenvalue weighted by Crippen LogP contribution is -2.47. The molecule has 0 saturated heterocycles. The standard InChI is InChI=1S/C15H18FNO3/c1-15(2,10-20-3)17-14(19)12-9-11(5-4-8-18)6-7-13(12)16/h6-7,9,18H,8,10H2,1-3H3,(H,17,19). The SMILES string of the molecule is COCC(C)(C)NC(=O)c1cc(C#CCO)ccc1F. The molecule has 0 aromatic heterocycles. The highest BCUT2D eigenvalue weighted by molar-refractivity contribution is 5.95. The Balaban J connectivity index is 2.97. The van der Waals surface area contributed by atoms with Crippen LogP contribution in [0.1, 0.15) is 29.8 Å². The summed E-state index contributed by atoms with van der Waals surface area (Å²) in [5, 5.41) is 11.3. The molecular weight excluding hydrogens is 261 g/mol. The molecule has 108 valence electrons. The predicted molar refractivity (Wildman–Crippen MR) is 73.8 cm³/mol. The lowest BCUT2D eigenvalue weighted by molar-refractivity contribution is 0.0816. The maximum absolute atomic E-state index is 13.7. The summed E-state index contributed by atoms with van der Waals surface area (Å²) in [7, 11) is 1.53. The molecule has 1 rings (SSSR count). The smallest absolute Gasteiger partial charge is 0.254 e. The van der Waals surface area contributed by atoms with Crippen molar-refractivity contribution in [3.05, 3.63) is 35.1 Å². The van der Waals surface area contributed by atoms with E-state index in [9.17, 15) is 9.18 Å². The van der Waals surface area contributed by atoms with Crippen LogP contribution in [0.5, 0.6) is 0 Å². The summed E-state index contributed by atoms with van der Waals surface area (Å²) < 4.78 is 18.7. The van der Waals surface area contributed by atoms with E-state index in [4.69, 9.17) is 9.84 Å². The minimum Gasteiger partial charge on any atom is -0.384 e. The van der Waals surface area contributed by atoms with Crippen LogP contribution >= 0.6 is 0 Å². The molecule has 1 amide bonds. The van der Waals surface area contributed by atoms with Gasteiger partial charge in [-0.05, 0) is 32.0 Å². The van der Waals surface area contributed by atoms with Gasteiger partial charge in [0.25, 0.3) is 5.91 Å². The van der Waals surface area contributed by atoms with Crippen molar-refractivity contribution in [1.82, 2.24) is 5.32 Å². The highest BCUT2D eigenvalue weighted by atomic mass is 19.1. The van der Waals surface area contributed by atoms with Gasteiger partial charge in [0.2, 0.25) is 0 Å². The van der Waals surface area contributed by atoms with Crippen LogP contribution in [0, 0.1) is 17.7 Å². The molecule has 0 aliphatic carbocycles. The van der Waals surface area contributed by atoms with Crippen molar-refractivity contribution >= 4 is 5.91 Å². The third-order valence-corrected chi connectivity index (χ3v) is 2.48. The van der Waals surface area contributed by atoms with Crippen LogP contribution in [-0.4, -0.2) is 36.9 Å². The van der Waals surface area contributed by atoms with E-state index in [0.717, 1.165) is 0 Å². The van der Waals surface area contributed by atoms with Gasteiger partial charge in [-0.2, -0.15) is 0 Å². The second-order valence-corrected chi connectivity index (χ2v) is 4.93. The Morgan fingerprint density at radius 2 is 2.20 bits per heavy atom. The molecule has 0 atom stereocenters. The van der Waals surface area contributed by atoms with Gasteiger partial charge >= 0.3 is 0 Å². The quantitative estimate of drug-likeness (QED) is 0.817. The number of methoxy groups -OCH3 is 1. The predicted octanol–water partition coefficient (Wildman–Crippen LogP) is 1.32. The van der Waals surface area contributed by atoms with Crippen LogP contribution in [0.4, 0.5) is 4.39 Å². The Morgan fingerprint density at radius 1 is 1.50 bits per heavy atom. The highest BCUT2D eigenvalue weighted by Gasteiger charge is 2.22. The summed E-state index contributed by atoms with van der Waals surface area (Å²) in [6, 6.07) is 3.99. The molecule has 0 heterocycles. The van der Waals surface area contributed by atoms with Crippen LogP contribution in [0.2, 0.25) is 0 Å². The summed E-state index contributed by atoms with van der Waals surface area (Å²) in [6.45, 7) is 3.58. The zero-order valence-electron chi connectivity index (χ0n) is 11.8. The molecule has 0 spiro atoms. The van der Waals surface area contributed by atoms with E-state index in [0.29, 0.717) is 12.2 Å². The number of nitrogens with one attached hydrogen (secondary N) is 1. The molecule has 0 radical (unpaired) electrons. The number of hydrogen-bond acceptors (Lipinski definition) is 3. The van der Waals surface area contributed by atoms with Crippen LogP contribution in [0.3, 0.4) is 0 Å². The lowest BCUT2D eigenvalue weighted by atomic mass is 10.0. The van der Waals surface area contributed by atoms with Crippen molar-refractivity contribution in [3.63, 3.8) is 0 Å². The zero-order valence-corrected chi connectivity index (χ0v) is 11.8. The maximum Gasteiger partial charge on any atom is 0.254 e. The number of halogens is 1. The topological polar surface area (TPSA) is 58.6 Å². The van der Waals surface area contributed by atoms with E-state index in [1.54, 1.807) is 13.8 Å². The van der Waals surface area contributed by atoms with Gasteiger partial charge in [-0.3, -0.25) is 4.79 Å². The van der Waals surface area contributed by atoms with Gasteiger partial charge in [-0.15, -0.1) is 0 Å². The van der Waals surface area contributed by atoms with Crippen LogP contribution < -0.4 is 5.32 Å². The number of aliphatic hydroxyl groups is 1. The number of carbonyl (C=O) groups excluding carboxylic acids is 1. The molecule has 0 unspecified atom stereocenters. The maximum atomic E-state index is 13.7.